The summed E-state index contributed by atoms with van der Waals surface area (Å²) in [6.45, 7) is 8.05. The van der Waals surface area contributed by atoms with E-state index >= 15 is 0 Å². The quantitative estimate of drug-likeness (QED) is 0.842. The van der Waals surface area contributed by atoms with Gasteiger partial charge < -0.3 is 10.1 Å². The number of nitrogens with zero attached hydrogens (tertiary/aromatic N) is 1. The van der Waals surface area contributed by atoms with E-state index in [1.807, 2.05) is 45.9 Å². The van der Waals surface area contributed by atoms with Gasteiger partial charge in [-0.25, -0.2) is 4.99 Å². The van der Waals surface area contributed by atoms with Gasteiger partial charge in [0, 0.05) is 11.0 Å². The van der Waals surface area contributed by atoms with Gasteiger partial charge in [-0.3, -0.25) is 4.79 Å². The molecule has 1 aromatic carbocycles. The van der Waals surface area contributed by atoms with Crippen LogP contribution in [0.2, 0.25) is 0 Å². The number of benzene rings is 1. The molecule has 0 aromatic heterocycles. The zero-order chi connectivity index (χ0) is 14.9. The molecule has 0 saturated carbocycles. The number of amidine groups is 1. The molecule has 1 aliphatic rings. The minimum atomic E-state index is -0.179. The highest BCUT2D eigenvalue weighted by atomic mass is 16.5. The fourth-order valence-electron chi connectivity index (χ4n) is 1.94. The number of ether oxygens (including phenoxy) is 1. The van der Waals surface area contributed by atoms with E-state index in [-0.39, 0.29) is 11.3 Å². The van der Waals surface area contributed by atoms with Gasteiger partial charge in [-0.2, -0.15) is 0 Å². The first-order valence-corrected chi connectivity index (χ1v) is 6.58. The van der Waals surface area contributed by atoms with E-state index in [0.29, 0.717) is 11.5 Å². The zero-order valence-corrected chi connectivity index (χ0v) is 12.6. The molecule has 1 aromatic rings. The highest BCUT2D eigenvalue weighted by molar-refractivity contribution is 6.15. The van der Waals surface area contributed by atoms with Crippen LogP contribution >= 0.6 is 0 Å². The Morgan fingerprint density at radius 1 is 1.30 bits per heavy atom. The van der Waals surface area contributed by atoms with Crippen LogP contribution in [-0.2, 0) is 4.79 Å². The lowest BCUT2D eigenvalue weighted by Gasteiger charge is -2.16. The Morgan fingerprint density at radius 3 is 2.55 bits per heavy atom. The van der Waals surface area contributed by atoms with Gasteiger partial charge >= 0.3 is 0 Å². The number of aliphatic imine (C=N–C) groups is 1. The summed E-state index contributed by atoms with van der Waals surface area (Å²) in [6, 6.07) is 5.84. The summed E-state index contributed by atoms with van der Waals surface area (Å²) in [5.74, 6) is 1.26. The highest BCUT2D eigenvalue weighted by Gasteiger charge is 2.28. The molecule has 1 aliphatic heterocycles. The molecule has 2 rings (SSSR count). The summed E-state index contributed by atoms with van der Waals surface area (Å²) in [5.41, 5.74) is 2.20. The van der Waals surface area contributed by atoms with Gasteiger partial charge in [-0.15, -0.1) is 0 Å². The topological polar surface area (TPSA) is 50.7 Å². The summed E-state index contributed by atoms with van der Waals surface area (Å²) in [6.07, 6.45) is 1.76. The number of hydrogen-bond acceptors (Lipinski definition) is 3. The third-order valence-electron chi connectivity index (χ3n) is 3.08. The molecule has 4 heteroatoms. The lowest BCUT2D eigenvalue weighted by Crippen LogP contribution is -2.34. The average molecular weight is 272 g/mol. The van der Waals surface area contributed by atoms with E-state index in [2.05, 4.69) is 10.3 Å². The SMILES string of the molecule is COc1ccc(C)cc1/C=C1/N=C(C(C)(C)C)NC1=O. The van der Waals surface area contributed by atoms with E-state index in [9.17, 15) is 4.79 Å². The van der Waals surface area contributed by atoms with Crippen molar-refractivity contribution in [2.24, 2.45) is 10.4 Å². The molecular weight excluding hydrogens is 252 g/mol. The van der Waals surface area contributed by atoms with Gasteiger partial charge in [-0.1, -0.05) is 32.4 Å². The first-order valence-electron chi connectivity index (χ1n) is 6.58. The van der Waals surface area contributed by atoms with E-state index < -0.39 is 0 Å². The van der Waals surface area contributed by atoms with Crippen molar-refractivity contribution in [3.05, 3.63) is 35.0 Å². The van der Waals surface area contributed by atoms with E-state index in [1.165, 1.54) is 0 Å². The Hall–Kier alpha value is -2.10. The van der Waals surface area contributed by atoms with Crippen LogP contribution in [0.3, 0.4) is 0 Å². The first kappa shape index (κ1) is 14.3. The van der Waals surface area contributed by atoms with Crippen molar-refractivity contribution in [3.8, 4) is 5.75 Å². The Labute approximate surface area is 119 Å². The molecule has 0 unspecified atom stereocenters. The van der Waals surface area contributed by atoms with Crippen molar-refractivity contribution in [1.82, 2.24) is 5.32 Å². The first-order chi connectivity index (χ1) is 9.31. The molecule has 0 atom stereocenters. The summed E-state index contributed by atoms with van der Waals surface area (Å²) in [7, 11) is 1.62. The third kappa shape index (κ3) is 2.90. The molecule has 0 saturated heterocycles. The second kappa shape index (κ2) is 5.12. The Morgan fingerprint density at radius 2 is 2.00 bits per heavy atom. The minimum absolute atomic E-state index is 0.168. The monoisotopic (exact) mass is 272 g/mol. The predicted molar refractivity (Wildman–Crippen MR) is 80.7 cm³/mol. The molecule has 1 amide bonds. The van der Waals surface area contributed by atoms with Gasteiger partial charge in [0.1, 0.15) is 17.3 Å². The highest BCUT2D eigenvalue weighted by Crippen LogP contribution is 2.26. The Balaban J connectivity index is 2.43. The van der Waals surface area contributed by atoms with Crippen LogP contribution < -0.4 is 10.1 Å². The van der Waals surface area contributed by atoms with Crippen LogP contribution in [0.5, 0.6) is 5.75 Å². The summed E-state index contributed by atoms with van der Waals surface area (Å²) in [5, 5.41) is 2.82. The molecule has 4 nitrogen and oxygen atoms in total. The number of carbonyl (C=O) groups is 1. The van der Waals surface area contributed by atoms with Gasteiger partial charge in [0.15, 0.2) is 0 Å². The Bertz CT molecular complexity index is 607. The van der Waals surface area contributed by atoms with Crippen molar-refractivity contribution in [3.63, 3.8) is 0 Å². The lowest BCUT2D eigenvalue weighted by molar-refractivity contribution is -0.115. The summed E-state index contributed by atoms with van der Waals surface area (Å²) in [4.78, 5) is 16.4. The largest absolute Gasteiger partial charge is 0.496 e. The van der Waals surface area contributed by atoms with E-state index in [1.54, 1.807) is 13.2 Å². The second-order valence-corrected chi connectivity index (χ2v) is 5.94. The maximum absolute atomic E-state index is 12.0. The molecule has 0 aliphatic carbocycles. The van der Waals surface area contributed by atoms with Crippen molar-refractivity contribution in [2.45, 2.75) is 27.7 Å². The van der Waals surface area contributed by atoms with Crippen LogP contribution in [0, 0.1) is 12.3 Å². The van der Waals surface area contributed by atoms with Crippen LogP contribution in [-0.4, -0.2) is 18.9 Å². The van der Waals surface area contributed by atoms with E-state index in [4.69, 9.17) is 4.74 Å². The molecule has 1 N–H and O–H groups in total. The molecular formula is C16H20N2O2. The number of rotatable bonds is 2. The standard InChI is InChI=1S/C16H20N2O2/c1-10-6-7-13(20-5)11(8-10)9-12-14(19)18-15(17-12)16(2,3)4/h6-9H,1-5H3,(H,17,18,19)/b12-9+. The number of amides is 1. The number of methoxy groups -OCH3 is 1. The summed E-state index contributed by atoms with van der Waals surface area (Å²) >= 11 is 0. The fraction of sp³-hybridized carbons (Fsp3) is 0.375. The van der Waals surface area contributed by atoms with Crippen LogP contribution in [0.25, 0.3) is 6.08 Å². The van der Waals surface area contributed by atoms with Crippen molar-refractivity contribution >= 4 is 17.8 Å². The molecule has 20 heavy (non-hydrogen) atoms. The molecule has 1 heterocycles. The smallest absolute Gasteiger partial charge is 0.275 e. The summed E-state index contributed by atoms with van der Waals surface area (Å²) < 4.78 is 5.32. The second-order valence-electron chi connectivity index (χ2n) is 5.94. The normalized spacial score (nSPS) is 17.1. The van der Waals surface area contributed by atoms with Gasteiger partial charge in [-0.05, 0) is 25.1 Å². The lowest BCUT2D eigenvalue weighted by atomic mass is 9.95. The molecule has 0 bridgehead atoms. The molecule has 0 radical (unpaired) electrons. The van der Waals surface area contributed by atoms with Crippen LogP contribution in [0.4, 0.5) is 0 Å². The van der Waals surface area contributed by atoms with Crippen molar-refractivity contribution < 1.29 is 9.53 Å². The van der Waals surface area contributed by atoms with Gasteiger partial charge in [0.25, 0.3) is 5.91 Å². The molecule has 0 fully saturated rings. The third-order valence-corrected chi connectivity index (χ3v) is 3.08. The number of hydrogen-bond donors (Lipinski definition) is 1. The van der Waals surface area contributed by atoms with Gasteiger partial charge in [0.2, 0.25) is 0 Å². The zero-order valence-electron chi connectivity index (χ0n) is 12.6. The number of aryl methyl sites for hydroxylation is 1. The van der Waals surface area contributed by atoms with Crippen molar-refractivity contribution in [2.75, 3.05) is 7.11 Å². The maximum Gasteiger partial charge on any atom is 0.275 e. The number of carbonyl (C=O) groups excluding carboxylic acids is 1. The van der Waals surface area contributed by atoms with Gasteiger partial charge in [0.05, 0.1) is 7.11 Å². The maximum atomic E-state index is 12.0. The van der Waals surface area contributed by atoms with Crippen LogP contribution in [0.15, 0.2) is 28.9 Å². The average Bonchev–Trinajstić information content (AvgIpc) is 2.71. The number of nitrogens with one attached hydrogen (secondary N) is 1. The van der Waals surface area contributed by atoms with E-state index in [0.717, 1.165) is 16.9 Å². The minimum Gasteiger partial charge on any atom is -0.496 e. The molecule has 0 spiro atoms. The molecule has 106 valence electrons. The Kier molecular flexibility index (Phi) is 3.66. The predicted octanol–water partition coefficient (Wildman–Crippen LogP) is 2.92. The van der Waals surface area contributed by atoms with Crippen molar-refractivity contribution in [1.29, 1.82) is 0 Å². The van der Waals surface area contributed by atoms with Crippen LogP contribution in [0.1, 0.15) is 31.9 Å². The fourth-order valence-corrected chi connectivity index (χ4v) is 1.94.